The summed E-state index contributed by atoms with van der Waals surface area (Å²) in [5, 5.41) is 5.09. The lowest BCUT2D eigenvalue weighted by atomic mass is 10.1. The number of nitrogens with zero attached hydrogens (tertiary/aromatic N) is 3. The van der Waals surface area contributed by atoms with Crippen LogP contribution >= 0.6 is 34.2 Å². The Balaban J connectivity index is 1.97. The van der Waals surface area contributed by atoms with Crippen molar-refractivity contribution in [2.45, 2.75) is 13.1 Å². The van der Waals surface area contributed by atoms with E-state index in [2.05, 4.69) is 44.7 Å². The van der Waals surface area contributed by atoms with E-state index in [9.17, 15) is 0 Å². The topological polar surface area (TPSA) is 21.1 Å². The van der Waals surface area contributed by atoms with E-state index >= 15 is 0 Å². The molecule has 5 heteroatoms. The van der Waals surface area contributed by atoms with E-state index in [1.54, 1.807) is 0 Å². The summed E-state index contributed by atoms with van der Waals surface area (Å²) < 4.78 is 3.11. The van der Waals surface area contributed by atoms with Gasteiger partial charge in [0.2, 0.25) is 0 Å². The van der Waals surface area contributed by atoms with E-state index in [0.717, 1.165) is 18.1 Å². The summed E-state index contributed by atoms with van der Waals surface area (Å²) in [5.41, 5.74) is 2.67. The average molecular weight is 360 g/mol. The number of hydrogen-bond donors (Lipinski definition) is 0. The Bertz CT molecular complexity index is 560. The molecular formula is C12H11ClIN3. The molecule has 0 radical (unpaired) electrons. The van der Waals surface area contributed by atoms with Crippen molar-refractivity contribution < 1.29 is 0 Å². The van der Waals surface area contributed by atoms with Gasteiger partial charge in [-0.3, -0.25) is 4.68 Å². The summed E-state index contributed by atoms with van der Waals surface area (Å²) in [6, 6.07) is 6.12. The minimum absolute atomic E-state index is 0.810. The summed E-state index contributed by atoms with van der Waals surface area (Å²) in [5.74, 6) is 1.18. The normalized spacial score (nSPS) is 14.2. The van der Waals surface area contributed by atoms with Crippen LogP contribution in [-0.2, 0) is 20.1 Å². The lowest BCUT2D eigenvalue weighted by Crippen LogP contribution is -2.18. The van der Waals surface area contributed by atoms with Gasteiger partial charge in [-0.05, 0) is 45.9 Å². The zero-order chi connectivity index (χ0) is 12.0. The van der Waals surface area contributed by atoms with Crippen LogP contribution in [0.15, 0.2) is 24.4 Å². The van der Waals surface area contributed by atoms with Gasteiger partial charge < -0.3 is 4.90 Å². The van der Waals surface area contributed by atoms with Crippen LogP contribution in [0.3, 0.4) is 0 Å². The molecule has 0 saturated heterocycles. The largest absolute Gasteiger partial charge is 0.347 e. The smallest absolute Gasteiger partial charge is 0.140 e. The minimum atomic E-state index is 0.810. The molecule has 0 saturated carbocycles. The zero-order valence-electron chi connectivity index (χ0n) is 9.32. The van der Waals surface area contributed by atoms with Crippen LogP contribution in [-0.4, -0.2) is 9.78 Å². The molecule has 1 aromatic heterocycles. The molecule has 1 aromatic carbocycles. The van der Waals surface area contributed by atoms with Gasteiger partial charge in [0, 0.05) is 25.2 Å². The fourth-order valence-corrected chi connectivity index (χ4v) is 3.28. The molecule has 2 heterocycles. The summed E-state index contributed by atoms with van der Waals surface area (Å²) in [6.07, 6.45) is 1.89. The molecule has 2 aromatic rings. The molecule has 0 N–H and O–H groups in total. The standard InChI is InChI=1S/C12H11ClIN3/c1-16-12(11(14)5-15-16)17-6-8-2-3-10(13)4-9(8)7-17/h2-5H,6-7H2,1H3. The number of benzene rings is 1. The molecule has 0 atom stereocenters. The number of aryl methyl sites for hydroxylation is 1. The molecule has 0 spiro atoms. The molecule has 0 fully saturated rings. The highest BCUT2D eigenvalue weighted by Gasteiger charge is 2.23. The van der Waals surface area contributed by atoms with Crippen molar-refractivity contribution in [1.82, 2.24) is 9.78 Å². The first kappa shape index (κ1) is 11.3. The maximum absolute atomic E-state index is 6.02. The first-order valence-corrected chi connectivity index (χ1v) is 6.80. The number of hydrogen-bond acceptors (Lipinski definition) is 2. The van der Waals surface area contributed by atoms with Crippen LogP contribution in [0.4, 0.5) is 5.82 Å². The van der Waals surface area contributed by atoms with Crippen LogP contribution in [0.5, 0.6) is 0 Å². The van der Waals surface area contributed by atoms with Gasteiger partial charge in [-0.25, -0.2) is 0 Å². The zero-order valence-corrected chi connectivity index (χ0v) is 12.2. The van der Waals surface area contributed by atoms with Crippen LogP contribution in [0.2, 0.25) is 5.02 Å². The van der Waals surface area contributed by atoms with Crippen LogP contribution < -0.4 is 4.90 Å². The van der Waals surface area contributed by atoms with E-state index in [1.807, 2.05) is 24.0 Å². The lowest BCUT2D eigenvalue weighted by Gasteiger charge is -2.18. The number of anilines is 1. The molecule has 1 aliphatic rings. The van der Waals surface area contributed by atoms with E-state index in [-0.39, 0.29) is 0 Å². The van der Waals surface area contributed by atoms with Gasteiger partial charge in [0.05, 0.1) is 9.77 Å². The minimum Gasteiger partial charge on any atom is -0.347 e. The number of rotatable bonds is 1. The van der Waals surface area contributed by atoms with Crippen molar-refractivity contribution in [3.8, 4) is 0 Å². The van der Waals surface area contributed by atoms with Crippen LogP contribution in [0.1, 0.15) is 11.1 Å². The second kappa shape index (κ2) is 4.17. The Hall–Kier alpha value is -0.750. The van der Waals surface area contributed by atoms with Crippen LogP contribution in [0, 0.1) is 3.57 Å². The molecule has 3 rings (SSSR count). The Morgan fingerprint density at radius 1 is 1.29 bits per heavy atom. The molecule has 1 aliphatic heterocycles. The van der Waals surface area contributed by atoms with Crippen molar-refractivity contribution >= 4 is 40.0 Å². The Morgan fingerprint density at radius 2 is 2.06 bits per heavy atom. The van der Waals surface area contributed by atoms with Crippen molar-refractivity contribution in [1.29, 1.82) is 0 Å². The molecule has 0 unspecified atom stereocenters. The molecule has 17 heavy (non-hydrogen) atoms. The average Bonchev–Trinajstić information content (AvgIpc) is 2.81. The van der Waals surface area contributed by atoms with Gasteiger partial charge in [-0.1, -0.05) is 17.7 Å². The van der Waals surface area contributed by atoms with Gasteiger partial charge in [-0.2, -0.15) is 5.10 Å². The summed E-state index contributed by atoms with van der Waals surface area (Å²) in [4.78, 5) is 2.33. The molecule has 0 bridgehead atoms. The molecule has 88 valence electrons. The van der Waals surface area contributed by atoms with Gasteiger partial charge >= 0.3 is 0 Å². The highest BCUT2D eigenvalue weighted by atomic mass is 127. The second-order valence-corrected chi connectivity index (χ2v) is 5.81. The fourth-order valence-electron chi connectivity index (χ4n) is 2.27. The number of aromatic nitrogens is 2. The predicted molar refractivity (Wildman–Crippen MR) is 77.3 cm³/mol. The van der Waals surface area contributed by atoms with E-state index in [0.29, 0.717) is 0 Å². The molecular weight excluding hydrogens is 349 g/mol. The van der Waals surface area contributed by atoms with E-state index in [4.69, 9.17) is 11.6 Å². The third-order valence-corrected chi connectivity index (χ3v) is 4.05. The first-order valence-electron chi connectivity index (χ1n) is 5.35. The van der Waals surface area contributed by atoms with Crippen molar-refractivity contribution in [2.24, 2.45) is 7.05 Å². The SMILES string of the molecule is Cn1ncc(I)c1N1Cc2ccc(Cl)cc2C1. The van der Waals surface area contributed by atoms with E-state index < -0.39 is 0 Å². The van der Waals surface area contributed by atoms with Gasteiger partial charge in [0.25, 0.3) is 0 Å². The third kappa shape index (κ3) is 1.93. The first-order chi connectivity index (χ1) is 8.15. The quantitative estimate of drug-likeness (QED) is 0.729. The highest BCUT2D eigenvalue weighted by molar-refractivity contribution is 14.1. The highest BCUT2D eigenvalue weighted by Crippen LogP contribution is 2.32. The number of halogens is 2. The lowest BCUT2D eigenvalue weighted by molar-refractivity contribution is 0.720. The fraction of sp³-hybridized carbons (Fsp3) is 0.250. The Labute approximate surface area is 119 Å². The van der Waals surface area contributed by atoms with Crippen molar-refractivity contribution in [3.05, 3.63) is 44.1 Å². The summed E-state index contributed by atoms with van der Waals surface area (Å²) in [7, 11) is 1.98. The summed E-state index contributed by atoms with van der Waals surface area (Å²) in [6.45, 7) is 1.84. The van der Waals surface area contributed by atoms with E-state index in [1.165, 1.54) is 20.5 Å². The summed E-state index contributed by atoms with van der Waals surface area (Å²) >= 11 is 8.35. The third-order valence-electron chi connectivity index (χ3n) is 3.05. The van der Waals surface area contributed by atoms with Gasteiger partial charge in [0.1, 0.15) is 5.82 Å². The monoisotopic (exact) mass is 359 g/mol. The Morgan fingerprint density at radius 3 is 2.76 bits per heavy atom. The van der Waals surface area contributed by atoms with Gasteiger partial charge in [0.15, 0.2) is 0 Å². The van der Waals surface area contributed by atoms with Gasteiger partial charge in [-0.15, -0.1) is 0 Å². The van der Waals surface area contributed by atoms with Crippen LogP contribution in [0.25, 0.3) is 0 Å². The molecule has 0 aliphatic carbocycles. The Kier molecular flexibility index (Phi) is 2.78. The number of fused-ring (bicyclic) bond motifs is 1. The molecule has 3 nitrogen and oxygen atoms in total. The maximum Gasteiger partial charge on any atom is 0.140 e. The van der Waals surface area contributed by atoms with Crippen molar-refractivity contribution in [3.63, 3.8) is 0 Å². The predicted octanol–water partition coefficient (Wildman–Crippen LogP) is 3.20. The maximum atomic E-state index is 6.02. The second-order valence-electron chi connectivity index (χ2n) is 4.21. The molecule has 0 amide bonds. The van der Waals surface area contributed by atoms with Crippen molar-refractivity contribution in [2.75, 3.05) is 4.90 Å².